The molecular formula is C15H16N2O3. The molecule has 1 heterocycles. The minimum absolute atomic E-state index is 0.231. The summed E-state index contributed by atoms with van der Waals surface area (Å²) in [4.78, 5) is 23.0. The number of aliphatic carboxylic acids is 1. The largest absolute Gasteiger partial charge is 0.480 e. The molecule has 0 fully saturated rings. The van der Waals surface area contributed by atoms with Gasteiger partial charge in [0.05, 0.1) is 0 Å². The van der Waals surface area contributed by atoms with Crippen molar-refractivity contribution < 1.29 is 14.7 Å². The van der Waals surface area contributed by atoms with Gasteiger partial charge in [-0.05, 0) is 30.2 Å². The third-order valence-electron chi connectivity index (χ3n) is 3.01. The van der Waals surface area contributed by atoms with Gasteiger partial charge in [-0.3, -0.25) is 9.59 Å². The second kappa shape index (κ2) is 6.06. The van der Waals surface area contributed by atoms with Crippen LogP contribution in [0.1, 0.15) is 23.0 Å². The summed E-state index contributed by atoms with van der Waals surface area (Å²) in [5.41, 5.74) is 2.12. The van der Waals surface area contributed by atoms with Crippen LogP contribution in [0, 0.1) is 0 Å². The lowest BCUT2D eigenvalue weighted by molar-refractivity contribution is -0.137. The molecule has 0 atom stereocenters. The van der Waals surface area contributed by atoms with Crippen molar-refractivity contribution in [3.63, 3.8) is 0 Å². The molecule has 1 aromatic heterocycles. The number of amides is 1. The zero-order valence-electron chi connectivity index (χ0n) is 11.2. The van der Waals surface area contributed by atoms with Crippen LogP contribution in [0.5, 0.6) is 0 Å². The standard InChI is InChI=1S/C15H16N2O3/c1-2-11-6-3-4-7-12(11)16-15(20)13-8-5-9-17(13)10-14(18)19/h3-9H,2,10H2,1H3,(H,16,20)(H,18,19). The van der Waals surface area contributed by atoms with E-state index < -0.39 is 5.97 Å². The summed E-state index contributed by atoms with van der Waals surface area (Å²) in [6, 6.07) is 10.8. The molecule has 5 heteroatoms. The number of carbonyl (C=O) groups is 2. The molecule has 0 aliphatic heterocycles. The summed E-state index contributed by atoms with van der Waals surface area (Å²) >= 11 is 0. The number of rotatable bonds is 5. The van der Waals surface area contributed by atoms with Crippen LogP contribution >= 0.6 is 0 Å². The number of nitrogens with one attached hydrogen (secondary N) is 1. The predicted octanol–water partition coefficient (Wildman–Crippen LogP) is 2.39. The number of benzene rings is 1. The summed E-state index contributed by atoms with van der Waals surface area (Å²) in [7, 11) is 0. The van der Waals surface area contributed by atoms with Gasteiger partial charge in [-0.2, -0.15) is 0 Å². The molecule has 2 rings (SSSR count). The molecule has 104 valence electrons. The summed E-state index contributed by atoms with van der Waals surface area (Å²) in [5, 5.41) is 11.6. The Bertz CT molecular complexity index is 632. The van der Waals surface area contributed by atoms with Crippen LogP contribution in [-0.4, -0.2) is 21.6 Å². The Kier molecular flexibility index (Phi) is 4.20. The maximum absolute atomic E-state index is 12.2. The Balaban J connectivity index is 2.20. The van der Waals surface area contributed by atoms with Gasteiger partial charge in [-0.25, -0.2) is 0 Å². The monoisotopic (exact) mass is 272 g/mol. The number of hydrogen-bond acceptors (Lipinski definition) is 2. The normalized spacial score (nSPS) is 10.2. The van der Waals surface area contributed by atoms with Crippen LogP contribution in [0.15, 0.2) is 42.6 Å². The third-order valence-corrected chi connectivity index (χ3v) is 3.01. The van der Waals surface area contributed by atoms with Gasteiger partial charge in [0.25, 0.3) is 5.91 Å². The Morgan fingerprint density at radius 1 is 1.20 bits per heavy atom. The molecule has 2 aromatic rings. The van der Waals surface area contributed by atoms with Crippen molar-refractivity contribution in [2.24, 2.45) is 0 Å². The van der Waals surface area contributed by atoms with Crippen molar-refractivity contribution in [1.29, 1.82) is 0 Å². The maximum Gasteiger partial charge on any atom is 0.323 e. The van der Waals surface area contributed by atoms with Crippen LogP contribution in [0.25, 0.3) is 0 Å². The van der Waals surface area contributed by atoms with Crippen LogP contribution in [0.4, 0.5) is 5.69 Å². The van der Waals surface area contributed by atoms with Crippen LogP contribution in [-0.2, 0) is 17.8 Å². The third kappa shape index (κ3) is 3.06. The lowest BCUT2D eigenvalue weighted by Gasteiger charge is -2.11. The molecule has 0 radical (unpaired) electrons. The lowest BCUT2D eigenvalue weighted by Crippen LogP contribution is -2.20. The summed E-state index contributed by atoms with van der Waals surface area (Å²) in [6.07, 6.45) is 2.39. The smallest absolute Gasteiger partial charge is 0.323 e. The van der Waals surface area contributed by atoms with E-state index in [4.69, 9.17) is 5.11 Å². The average molecular weight is 272 g/mol. The van der Waals surface area contributed by atoms with Gasteiger partial charge in [0.2, 0.25) is 0 Å². The number of aromatic nitrogens is 1. The number of para-hydroxylation sites is 1. The first-order valence-electron chi connectivity index (χ1n) is 6.38. The van der Waals surface area contributed by atoms with E-state index in [9.17, 15) is 9.59 Å². The van der Waals surface area contributed by atoms with E-state index in [-0.39, 0.29) is 12.5 Å². The first-order valence-corrected chi connectivity index (χ1v) is 6.38. The van der Waals surface area contributed by atoms with Gasteiger partial charge >= 0.3 is 5.97 Å². The second-order valence-corrected chi connectivity index (χ2v) is 4.38. The highest BCUT2D eigenvalue weighted by Crippen LogP contribution is 2.16. The van der Waals surface area contributed by atoms with Gasteiger partial charge in [-0.1, -0.05) is 25.1 Å². The van der Waals surface area contributed by atoms with E-state index in [0.29, 0.717) is 5.69 Å². The Labute approximate surface area is 116 Å². The SMILES string of the molecule is CCc1ccccc1NC(=O)c1cccn1CC(=O)O. The molecule has 0 saturated carbocycles. The van der Waals surface area contributed by atoms with Gasteiger partial charge in [0.1, 0.15) is 12.2 Å². The van der Waals surface area contributed by atoms with Gasteiger partial charge < -0.3 is 15.0 Å². The van der Waals surface area contributed by atoms with E-state index in [0.717, 1.165) is 17.7 Å². The molecule has 1 aromatic carbocycles. The van der Waals surface area contributed by atoms with E-state index in [1.807, 2.05) is 31.2 Å². The number of hydrogen-bond donors (Lipinski definition) is 2. The summed E-state index contributed by atoms with van der Waals surface area (Å²) in [6.45, 7) is 1.78. The van der Waals surface area contributed by atoms with Crippen molar-refractivity contribution in [2.75, 3.05) is 5.32 Å². The Morgan fingerprint density at radius 3 is 2.65 bits per heavy atom. The van der Waals surface area contributed by atoms with Gasteiger partial charge in [0, 0.05) is 11.9 Å². The fourth-order valence-corrected chi connectivity index (χ4v) is 2.04. The number of aryl methyl sites for hydroxylation is 1. The fourth-order valence-electron chi connectivity index (χ4n) is 2.04. The molecule has 5 nitrogen and oxygen atoms in total. The molecule has 0 spiro atoms. The molecule has 0 aliphatic carbocycles. The summed E-state index contributed by atoms with van der Waals surface area (Å²) in [5.74, 6) is -1.29. The maximum atomic E-state index is 12.2. The zero-order valence-corrected chi connectivity index (χ0v) is 11.2. The molecule has 0 aliphatic rings. The Hall–Kier alpha value is -2.56. The van der Waals surface area contributed by atoms with Crippen molar-refractivity contribution in [3.05, 3.63) is 53.9 Å². The molecule has 20 heavy (non-hydrogen) atoms. The minimum atomic E-state index is -0.982. The van der Waals surface area contributed by atoms with Crippen molar-refractivity contribution in [3.8, 4) is 0 Å². The van der Waals surface area contributed by atoms with Crippen LogP contribution in [0.2, 0.25) is 0 Å². The van der Waals surface area contributed by atoms with E-state index in [2.05, 4.69) is 5.32 Å². The van der Waals surface area contributed by atoms with E-state index in [1.165, 1.54) is 4.57 Å². The highest BCUT2D eigenvalue weighted by molar-refractivity contribution is 6.03. The van der Waals surface area contributed by atoms with E-state index in [1.54, 1.807) is 18.3 Å². The number of carboxylic acids is 1. The van der Waals surface area contributed by atoms with Crippen molar-refractivity contribution in [2.45, 2.75) is 19.9 Å². The minimum Gasteiger partial charge on any atom is -0.480 e. The summed E-state index contributed by atoms with van der Waals surface area (Å²) < 4.78 is 1.41. The molecule has 0 saturated heterocycles. The lowest BCUT2D eigenvalue weighted by atomic mass is 10.1. The van der Waals surface area contributed by atoms with E-state index >= 15 is 0 Å². The predicted molar refractivity (Wildman–Crippen MR) is 75.8 cm³/mol. The van der Waals surface area contributed by atoms with Crippen LogP contribution < -0.4 is 5.32 Å². The number of carbonyl (C=O) groups excluding carboxylic acids is 1. The average Bonchev–Trinajstić information content (AvgIpc) is 2.86. The quantitative estimate of drug-likeness (QED) is 0.877. The molecular weight excluding hydrogens is 256 g/mol. The molecule has 1 amide bonds. The highest BCUT2D eigenvalue weighted by atomic mass is 16.4. The number of nitrogens with zero attached hydrogens (tertiary/aromatic N) is 1. The first kappa shape index (κ1) is 13.9. The zero-order chi connectivity index (χ0) is 14.5. The molecule has 2 N–H and O–H groups in total. The molecule has 0 bridgehead atoms. The molecule has 0 unspecified atom stereocenters. The Morgan fingerprint density at radius 2 is 1.95 bits per heavy atom. The van der Waals surface area contributed by atoms with Gasteiger partial charge in [-0.15, -0.1) is 0 Å². The first-order chi connectivity index (χ1) is 9.61. The van der Waals surface area contributed by atoms with Gasteiger partial charge in [0.15, 0.2) is 0 Å². The fraction of sp³-hybridized carbons (Fsp3) is 0.200. The van der Waals surface area contributed by atoms with Crippen LogP contribution in [0.3, 0.4) is 0 Å². The van der Waals surface area contributed by atoms with Crippen molar-refractivity contribution in [1.82, 2.24) is 4.57 Å². The van der Waals surface area contributed by atoms with Crippen molar-refractivity contribution >= 4 is 17.6 Å². The number of carboxylic acid groups (broad SMARTS) is 1. The topological polar surface area (TPSA) is 71.3 Å². The highest BCUT2D eigenvalue weighted by Gasteiger charge is 2.13. The second-order valence-electron chi connectivity index (χ2n) is 4.38. The number of anilines is 1.